The molecular formula is C11H15NO3. The molecule has 82 valence electrons. The lowest BCUT2D eigenvalue weighted by atomic mass is 10.2. The lowest BCUT2D eigenvalue weighted by Gasteiger charge is -2.12. The molecule has 0 fully saturated rings. The van der Waals surface area contributed by atoms with Gasteiger partial charge in [0.15, 0.2) is 0 Å². The Balaban J connectivity index is 3.05. The van der Waals surface area contributed by atoms with Crippen molar-refractivity contribution >= 4 is 5.91 Å². The highest BCUT2D eigenvalue weighted by molar-refractivity contribution is 5.96. The van der Waals surface area contributed by atoms with E-state index >= 15 is 0 Å². The lowest BCUT2D eigenvalue weighted by molar-refractivity contribution is 0.0996. The fourth-order valence-electron chi connectivity index (χ4n) is 1.23. The monoisotopic (exact) mass is 209 g/mol. The fourth-order valence-corrected chi connectivity index (χ4v) is 1.23. The number of amides is 1. The number of carbonyl (C=O) groups is 1. The van der Waals surface area contributed by atoms with Gasteiger partial charge in [0.25, 0.3) is 5.91 Å². The number of nitrogens with two attached hydrogens (primary N) is 1. The van der Waals surface area contributed by atoms with Crippen LogP contribution in [0, 0.1) is 0 Å². The maximum atomic E-state index is 11.1. The van der Waals surface area contributed by atoms with Crippen molar-refractivity contribution in [2.75, 3.05) is 7.11 Å². The van der Waals surface area contributed by atoms with Crippen molar-refractivity contribution in [1.82, 2.24) is 0 Å². The highest BCUT2D eigenvalue weighted by atomic mass is 16.5. The second-order valence-corrected chi connectivity index (χ2v) is 3.39. The molecule has 0 radical (unpaired) electrons. The molecule has 0 bridgehead atoms. The average molecular weight is 209 g/mol. The Morgan fingerprint density at radius 3 is 2.53 bits per heavy atom. The van der Waals surface area contributed by atoms with Crippen LogP contribution in [-0.4, -0.2) is 19.1 Å². The Labute approximate surface area is 89.0 Å². The smallest absolute Gasteiger partial charge is 0.252 e. The Morgan fingerprint density at radius 2 is 2.07 bits per heavy atom. The summed E-state index contributed by atoms with van der Waals surface area (Å²) in [6.07, 6.45) is 0.0547. The topological polar surface area (TPSA) is 61.6 Å². The van der Waals surface area contributed by atoms with Crippen LogP contribution in [0.1, 0.15) is 24.2 Å². The van der Waals surface area contributed by atoms with E-state index in [1.54, 1.807) is 18.2 Å². The van der Waals surface area contributed by atoms with E-state index < -0.39 is 5.91 Å². The van der Waals surface area contributed by atoms with Crippen LogP contribution in [0.15, 0.2) is 18.2 Å². The number of methoxy groups -OCH3 is 1. The largest absolute Gasteiger partial charge is 0.496 e. The minimum absolute atomic E-state index is 0.0547. The van der Waals surface area contributed by atoms with Crippen LogP contribution in [0.2, 0.25) is 0 Å². The van der Waals surface area contributed by atoms with Crippen molar-refractivity contribution in [3.05, 3.63) is 23.8 Å². The molecule has 2 N–H and O–H groups in total. The maximum absolute atomic E-state index is 11.1. The second kappa shape index (κ2) is 4.68. The number of ether oxygens (including phenoxy) is 2. The lowest BCUT2D eigenvalue weighted by Crippen LogP contribution is -2.13. The molecule has 1 rings (SSSR count). The third-order valence-corrected chi connectivity index (χ3v) is 1.81. The first-order valence-corrected chi connectivity index (χ1v) is 4.69. The molecule has 0 unspecified atom stereocenters. The normalized spacial score (nSPS) is 10.1. The van der Waals surface area contributed by atoms with E-state index in [1.165, 1.54) is 7.11 Å². The van der Waals surface area contributed by atoms with Crippen LogP contribution in [0.25, 0.3) is 0 Å². The summed E-state index contributed by atoms with van der Waals surface area (Å²) in [7, 11) is 1.49. The molecule has 0 aromatic heterocycles. The standard InChI is InChI=1S/C11H15NO3/c1-7(2)15-8-4-5-10(14-3)9(6-8)11(12)13/h4-7H,1-3H3,(H2,12,13). The summed E-state index contributed by atoms with van der Waals surface area (Å²) in [4.78, 5) is 11.1. The van der Waals surface area contributed by atoms with Gasteiger partial charge in [-0.2, -0.15) is 0 Å². The number of benzene rings is 1. The highest BCUT2D eigenvalue weighted by Gasteiger charge is 2.10. The summed E-state index contributed by atoms with van der Waals surface area (Å²) in [6, 6.07) is 4.99. The van der Waals surface area contributed by atoms with E-state index in [4.69, 9.17) is 15.2 Å². The highest BCUT2D eigenvalue weighted by Crippen LogP contribution is 2.24. The molecule has 15 heavy (non-hydrogen) atoms. The zero-order chi connectivity index (χ0) is 11.4. The van der Waals surface area contributed by atoms with Gasteiger partial charge in [-0.1, -0.05) is 0 Å². The SMILES string of the molecule is COc1ccc(OC(C)C)cc1C(N)=O. The molecule has 1 aromatic carbocycles. The van der Waals surface area contributed by atoms with Gasteiger partial charge in [0.2, 0.25) is 0 Å². The van der Waals surface area contributed by atoms with Crippen LogP contribution in [0.3, 0.4) is 0 Å². The van der Waals surface area contributed by atoms with Crippen molar-refractivity contribution in [3.63, 3.8) is 0 Å². The minimum atomic E-state index is -0.527. The van der Waals surface area contributed by atoms with Crippen molar-refractivity contribution in [2.24, 2.45) is 5.73 Å². The van der Waals surface area contributed by atoms with Crippen LogP contribution >= 0.6 is 0 Å². The Kier molecular flexibility index (Phi) is 3.55. The molecule has 1 amide bonds. The molecule has 0 aliphatic rings. The first-order valence-electron chi connectivity index (χ1n) is 4.69. The van der Waals surface area contributed by atoms with Crippen LogP contribution in [0.4, 0.5) is 0 Å². The van der Waals surface area contributed by atoms with E-state index in [0.717, 1.165) is 0 Å². The van der Waals surface area contributed by atoms with Crippen LogP contribution in [-0.2, 0) is 0 Å². The average Bonchev–Trinajstić information content (AvgIpc) is 2.16. The first-order chi connectivity index (χ1) is 7.04. The zero-order valence-electron chi connectivity index (χ0n) is 9.11. The number of hydrogen-bond donors (Lipinski definition) is 1. The Morgan fingerprint density at radius 1 is 1.40 bits per heavy atom. The molecule has 0 atom stereocenters. The number of primary amides is 1. The Bertz CT molecular complexity index is 361. The van der Waals surface area contributed by atoms with Crippen LogP contribution < -0.4 is 15.2 Å². The van der Waals surface area contributed by atoms with Gasteiger partial charge in [-0.3, -0.25) is 4.79 Å². The predicted octanol–water partition coefficient (Wildman–Crippen LogP) is 1.58. The summed E-state index contributed by atoms with van der Waals surface area (Å²) in [5, 5.41) is 0. The third kappa shape index (κ3) is 2.87. The van der Waals surface area contributed by atoms with E-state index in [2.05, 4.69) is 0 Å². The quantitative estimate of drug-likeness (QED) is 0.818. The van der Waals surface area contributed by atoms with Gasteiger partial charge >= 0.3 is 0 Å². The summed E-state index contributed by atoms with van der Waals surface area (Å²) in [5.74, 6) is 0.541. The van der Waals surface area contributed by atoms with Gasteiger partial charge in [0.05, 0.1) is 18.8 Å². The van der Waals surface area contributed by atoms with E-state index in [0.29, 0.717) is 17.1 Å². The number of carbonyl (C=O) groups excluding carboxylic acids is 1. The van der Waals surface area contributed by atoms with Crippen molar-refractivity contribution in [3.8, 4) is 11.5 Å². The van der Waals surface area contributed by atoms with Crippen molar-refractivity contribution in [1.29, 1.82) is 0 Å². The van der Waals surface area contributed by atoms with Gasteiger partial charge in [-0.05, 0) is 32.0 Å². The molecule has 4 nitrogen and oxygen atoms in total. The molecule has 0 spiro atoms. The second-order valence-electron chi connectivity index (χ2n) is 3.39. The van der Waals surface area contributed by atoms with Gasteiger partial charge in [0.1, 0.15) is 11.5 Å². The summed E-state index contributed by atoms with van der Waals surface area (Å²) < 4.78 is 10.5. The van der Waals surface area contributed by atoms with Crippen molar-refractivity contribution in [2.45, 2.75) is 20.0 Å². The molecular weight excluding hydrogens is 194 g/mol. The molecule has 0 saturated carbocycles. The summed E-state index contributed by atoms with van der Waals surface area (Å²) >= 11 is 0. The Hall–Kier alpha value is -1.71. The van der Waals surface area contributed by atoms with Gasteiger partial charge in [0, 0.05) is 0 Å². The van der Waals surface area contributed by atoms with Gasteiger partial charge in [-0.25, -0.2) is 0 Å². The van der Waals surface area contributed by atoms with E-state index in [1.807, 2.05) is 13.8 Å². The third-order valence-electron chi connectivity index (χ3n) is 1.81. The molecule has 4 heteroatoms. The van der Waals surface area contributed by atoms with Gasteiger partial charge < -0.3 is 15.2 Å². The minimum Gasteiger partial charge on any atom is -0.496 e. The molecule has 0 aliphatic carbocycles. The molecule has 0 saturated heterocycles. The number of rotatable bonds is 4. The first kappa shape index (κ1) is 11.4. The van der Waals surface area contributed by atoms with E-state index in [9.17, 15) is 4.79 Å². The predicted molar refractivity (Wildman–Crippen MR) is 57.3 cm³/mol. The fraction of sp³-hybridized carbons (Fsp3) is 0.364. The zero-order valence-corrected chi connectivity index (χ0v) is 9.11. The molecule has 0 aliphatic heterocycles. The molecule has 0 heterocycles. The van der Waals surface area contributed by atoms with E-state index in [-0.39, 0.29) is 6.10 Å². The molecule has 1 aromatic rings. The summed E-state index contributed by atoms with van der Waals surface area (Å²) in [5.41, 5.74) is 5.54. The number of hydrogen-bond acceptors (Lipinski definition) is 3. The van der Waals surface area contributed by atoms with Crippen LogP contribution in [0.5, 0.6) is 11.5 Å². The summed E-state index contributed by atoms with van der Waals surface area (Å²) in [6.45, 7) is 3.82. The maximum Gasteiger partial charge on any atom is 0.252 e. The van der Waals surface area contributed by atoms with Crippen molar-refractivity contribution < 1.29 is 14.3 Å². The van der Waals surface area contributed by atoms with Gasteiger partial charge in [-0.15, -0.1) is 0 Å².